The molecule has 0 saturated heterocycles. The van der Waals surface area contributed by atoms with Crippen molar-refractivity contribution < 1.29 is 19.8 Å². The van der Waals surface area contributed by atoms with Crippen LogP contribution in [0.25, 0.3) is 0 Å². The summed E-state index contributed by atoms with van der Waals surface area (Å²) in [5, 5.41) is 18.5. The Kier molecular flexibility index (Phi) is 5.80. The van der Waals surface area contributed by atoms with Crippen LogP contribution in [0.4, 0.5) is 0 Å². The smallest absolute Gasteiger partial charge is 0.328 e. The number of carbonyl (C=O) groups is 2. The lowest BCUT2D eigenvalue weighted by atomic mass is 10.5. The van der Waals surface area contributed by atoms with Crippen LogP contribution in [-0.2, 0) is 9.59 Å². The number of hydrogen-bond donors (Lipinski definition) is 2. The van der Waals surface area contributed by atoms with Crippen LogP contribution in [0.3, 0.4) is 0 Å². The molecule has 18 heavy (non-hydrogen) atoms. The number of hydrogen-bond acceptors (Lipinski definition) is 2. The molecule has 0 aromatic rings. The number of carboxylic acids is 2. The van der Waals surface area contributed by atoms with Gasteiger partial charge >= 0.3 is 11.9 Å². The predicted octanol–water partition coefficient (Wildman–Crippen LogP) is 3.30. The van der Waals surface area contributed by atoms with Crippen LogP contribution < -0.4 is 0 Å². The van der Waals surface area contributed by atoms with Crippen molar-refractivity contribution in [3.8, 4) is 0 Å². The van der Waals surface area contributed by atoms with Gasteiger partial charge < -0.3 is 10.2 Å². The molecular formula is C13H24O4Si. The lowest BCUT2D eigenvalue weighted by molar-refractivity contribution is -0.134. The fraction of sp³-hybridized carbons (Fsp3) is 0.692. The fourth-order valence-electron chi connectivity index (χ4n) is 3.43. The molecule has 0 unspecified atom stereocenters. The van der Waals surface area contributed by atoms with Crippen molar-refractivity contribution in [2.24, 2.45) is 0 Å². The van der Waals surface area contributed by atoms with Crippen molar-refractivity contribution in [1.82, 2.24) is 0 Å². The lowest BCUT2D eigenvalue weighted by Gasteiger charge is -2.43. The fourth-order valence-corrected chi connectivity index (χ4v) is 10.0. The third kappa shape index (κ3) is 3.01. The van der Waals surface area contributed by atoms with Crippen molar-refractivity contribution in [3.05, 3.63) is 11.3 Å². The summed E-state index contributed by atoms with van der Waals surface area (Å²) < 4.78 is 0. The van der Waals surface area contributed by atoms with E-state index in [1.807, 2.05) is 41.5 Å². The van der Waals surface area contributed by atoms with E-state index < -0.39 is 20.0 Å². The van der Waals surface area contributed by atoms with Crippen LogP contribution >= 0.6 is 0 Å². The molecule has 0 spiro atoms. The Hall–Kier alpha value is -1.10. The number of carboxylic acid groups (broad SMARTS) is 2. The molecule has 0 heterocycles. The topological polar surface area (TPSA) is 74.6 Å². The van der Waals surface area contributed by atoms with E-state index in [4.69, 9.17) is 5.11 Å². The highest BCUT2D eigenvalue weighted by atomic mass is 28.3. The molecule has 0 aromatic carbocycles. The molecule has 0 amide bonds. The molecule has 0 atom stereocenters. The van der Waals surface area contributed by atoms with Gasteiger partial charge in [0.25, 0.3) is 0 Å². The molecule has 2 N–H and O–H groups in total. The maximum Gasteiger partial charge on any atom is 0.328 e. The highest BCUT2D eigenvalue weighted by Crippen LogP contribution is 2.46. The minimum Gasteiger partial charge on any atom is -0.478 e. The van der Waals surface area contributed by atoms with Gasteiger partial charge in [0.2, 0.25) is 0 Å². The SMILES string of the molecule is CC(C)[Si](/C(=C\C(=O)O)C(=O)O)(C(C)C)C(C)C. The Labute approximate surface area is 110 Å². The van der Waals surface area contributed by atoms with Gasteiger partial charge in [-0.2, -0.15) is 0 Å². The van der Waals surface area contributed by atoms with E-state index in [-0.39, 0.29) is 21.8 Å². The lowest BCUT2D eigenvalue weighted by Crippen LogP contribution is -2.49. The van der Waals surface area contributed by atoms with Crippen LogP contribution in [0.15, 0.2) is 11.3 Å². The standard InChI is InChI=1S/C13H24O4Si/c1-8(2)18(9(3)4,10(5)6)11(13(16)17)7-12(14)15/h7-10H,1-6H3,(H,14,15)(H,16,17)/b11-7-. The molecule has 0 bridgehead atoms. The van der Waals surface area contributed by atoms with Crippen molar-refractivity contribution in [1.29, 1.82) is 0 Å². The van der Waals surface area contributed by atoms with Crippen LogP contribution in [0, 0.1) is 0 Å². The molecule has 0 aliphatic heterocycles. The summed E-state index contributed by atoms with van der Waals surface area (Å²) >= 11 is 0. The maximum atomic E-state index is 11.5. The zero-order valence-corrected chi connectivity index (χ0v) is 13.0. The molecule has 4 nitrogen and oxygen atoms in total. The van der Waals surface area contributed by atoms with Gasteiger partial charge in [0, 0.05) is 11.3 Å². The van der Waals surface area contributed by atoms with E-state index in [1.165, 1.54) is 0 Å². The zero-order chi connectivity index (χ0) is 14.7. The highest BCUT2D eigenvalue weighted by Gasteiger charge is 2.48. The van der Waals surface area contributed by atoms with Gasteiger partial charge in [0.05, 0.1) is 0 Å². The number of rotatable bonds is 6. The molecule has 0 aliphatic carbocycles. The second-order valence-corrected chi connectivity index (χ2v) is 11.5. The largest absolute Gasteiger partial charge is 0.478 e. The van der Waals surface area contributed by atoms with Gasteiger partial charge in [-0.25, -0.2) is 9.59 Å². The number of aliphatic carboxylic acids is 2. The molecule has 104 valence electrons. The van der Waals surface area contributed by atoms with Crippen molar-refractivity contribution in [2.45, 2.75) is 58.2 Å². The average molecular weight is 272 g/mol. The summed E-state index contributed by atoms with van der Waals surface area (Å²) in [5.74, 6) is -2.26. The quantitative estimate of drug-likeness (QED) is 0.574. The van der Waals surface area contributed by atoms with Crippen molar-refractivity contribution >= 4 is 20.0 Å². The first-order chi connectivity index (χ1) is 8.08. The normalized spacial score (nSPS) is 13.5. The Morgan fingerprint density at radius 1 is 0.889 bits per heavy atom. The summed E-state index contributed by atoms with van der Waals surface area (Å²) in [4.78, 5) is 22.4. The monoisotopic (exact) mass is 272 g/mol. The van der Waals surface area contributed by atoms with Crippen LogP contribution in [0.1, 0.15) is 41.5 Å². The predicted molar refractivity (Wildman–Crippen MR) is 74.4 cm³/mol. The average Bonchev–Trinajstić information content (AvgIpc) is 2.14. The summed E-state index contributed by atoms with van der Waals surface area (Å²) in [6, 6.07) is 0. The first kappa shape index (κ1) is 16.9. The molecular weight excluding hydrogens is 248 g/mol. The van der Waals surface area contributed by atoms with Gasteiger partial charge in [-0.15, -0.1) is 0 Å². The van der Waals surface area contributed by atoms with E-state index in [0.29, 0.717) is 0 Å². The zero-order valence-electron chi connectivity index (χ0n) is 12.0. The summed E-state index contributed by atoms with van der Waals surface area (Å²) in [6.45, 7) is 12.0. The Morgan fingerprint density at radius 2 is 1.22 bits per heavy atom. The third-order valence-electron chi connectivity index (χ3n) is 3.83. The van der Waals surface area contributed by atoms with Gasteiger partial charge in [0.1, 0.15) is 8.07 Å². The Balaban J connectivity index is 6.12. The third-order valence-corrected chi connectivity index (χ3v) is 10.9. The minimum absolute atomic E-state index is 0.134. The molecule has 5 heteroatoms. The second kappa shape index (κ2) is 6.18. The molecule has 0 radical (unpaired) electrons. The molecule has 0 saturated carbocycles. The maximum absolute atomic E-state index is 11.5. The van der Waals surface area contributed by atoms with E-state index in [9.17, 15) is 14.7 Å². The van der Waals surface area contributed by atoms with E-state index in [0.717, 1.165) is 6.08 Å². The van der Waals surface area contributed by atoms with E-state index >= 15 is 0 Å². The Bertz CT molecular complexity index is 334. The second-order valence-electron chi connectivity index (χ2n) is 5.60. The summed E-state index contributed by atoms with van der Waals surface area (Å²) in [7, 11) is -2.40. The molecule has 0 aromatic heterocycles. The van der Waals surface area contributed by atoms with Crippen LogP contribution in [0.2, 0.25) is 16.6 Å². The summed E-state index contributed by atoms with van der Waals surface area (Å²) in [6.07, 6.45) is 0.911. The van der Waals surface area contributed by atoms with Crippen molar-refractivity contribution in [3.63, 3.8) is 0 Å². The highest BCUT2D eigenvalue weighted by molar-refractivity contribution is 6.93. The van der Waals surface area contributed by atoms with Gasteiger partial charge in [-0.05, 0) is 16.6 Å². The Morgan fingerprint density at radius 3 is 1.39 bits per heavy atom. The molecule has 0 rings (SSSR count). The van der Waals surface area contributed by atoms with Gasteiger partial charge in [0.15, 0.2) is 0 Å². The van der Waals surface area contributed by atoms with Crippen LogP contribution in [-0.4, -0.2) is 30.2 Å². The van der Waals surface area contributed by atoms with Gasteiger partial charge in [-0.3, -0.25) is 0 Å². The van der Waals surface area contributed by atoms with E-state index in [2.05, 4.69) is 0 Å². The minimum atomic E-state index is -2.40. The molecule has 0 aliphatic rings. The van der Waals surface area contributed by atoms with Gasteiger partial charge in [-0.1, -0.05) is 41.5 Å². The van der Waals surface area contributed by atoms with E-state index in [1.54, 1.807) is 0 Å². The van der Waals surface area contributed by atoms with Crippen LogP contribution in [0.5, 0.6) is 0 Å². The first-order valence-corrected chi connectivity index (χ1v) is 8.49. The molecule has 0 fully saturated rings. The first-order valence-electron chi connectivity index (χ1n) is 6.26. The van der Waals surface area contributed by atoms with Crippen molar-refractivity contribution in [2.75, 3.05) is 0 Å². The summed E-state index contributed by atoms with van der Waals surface area (Å²) in [5.41, 5.74) is 0.539.